The quantitative estimate of drug-likeness (QED) is 0.690. The van der Waals surface area contributed by atoms with Crippen LogP contribution in [-0.4, -0.2) is 31.6 Å². The van der Waals surface area contributed by atoms with Gasteiger partial charge in [0, 0.05) is 13.1 Å². The molecule has 134 valence electrons. The van der Waals surface area contributed by atoms with Crippen molar-refractivity contribution in [1.82, 2.24) is 4.90 Å². The molecule has 0 saturated heterocycles. The minimum Gasteiger partial charge on any atom is -0.493 e. The number of methoxy groups -OCH3 is 2. The summed E-state index contributed by atoms with van der Waals surface area (Å²) in [6, 6.07) is 15.7. The predicted octanol–water partition coefficient (Wildman–Crippen LogP) is 4.08. The van der Waals surface area contributed by atoms with E-state index in [-0.39, 0.29) is 5.91 Å². The third-order valence-corrected chi connectivity index (χ3v) is 4.15. The van der Waals surface area contributed by atoms with E-state index >= 15 is 0 Å². The molecule has 0 aliphatic carbocycles. The van der Waals surface area contributed by atoms with Gasteiger partial charge in [0.15, 0.2) is 11.5 Å². The van der Waals surface area contributed by atoms with Crippen LogP contribution in [0.4, 0.5) is 0 Å². The van der Waals surface area contributed by atoms with E-state index in [9.17, 15) is 4.79 Å². The molecule has 0 aromatic heterocycles. The van der Waals surface area contributed by atoms with Gasteiger partial charge in [0.05, 0.1) is 20.6 Å². The van der Waals surface area contributed by atoms with Crippen LogP contribution < -0.4 is 9.47 Å². The molecule has 2 aromatic carbocycles. The molecule has 0 aliphatic heterocycles. The van der Waals surface area contributed by atoms with Gasteiger partial charge in [0.2, 0.25) is 5.91 Å². The average Bonchev–Trinajstić information content (AvgIpc) is 2.65. The Balaban J connectivity index is 2.12. The predicted molar refractivity (Wildman–Crippen MR) is 100 cm³/mol. The average molecular weight is 341 g/mol. The van der Waals surface area contributed by atoms with Gasteiger partial charge in [-0.25, -0.2) is 0 Å². The van der Waals surface area contributed by atoms with E-state index in [4.69, 9.17) is 9.47 Å². The zero-order valence-electron chi connectivity index (χ0n) is 15.3. The van der Waals surface area contributed by atoms with Crippen LogP contribution in [-0.2, 0) is 17.8 Å². The second-order valence-corrected chi connectivity index (χ2v) is 6.02. The fourth-order valence-corrected chi connectivity index (χ4v) is 2.72. The number of unbranched alkanes of at least 4 members (excludes halogenated alkanes) is 1. The van der Waals surface area contributed by atoms with Gasteiger partial charge in [0.1, 0.15) is 0 Å². The van der Waals surface area contributed by atoms with Crippen LogP contribution in [0.2, 0.25) is 0 Å². The smallest absolute Gasteiger partial charge is 0.227 e. The van der Waals surface area contributed by atoms with E-state index in [1.165, 1.54) is 0 Å². The van der Waals surface area contributed by atoms with Crippen molar-refractivity contribution in [3.63, 3.8) is 0 Å². The number of rotatable bonds is 9. The summed E-state index contributed by atoms with van der Waals surface area (Å²) >= 11 is 0. The maximum atomic E-state index is 12.8. The van der Waals surface area contributed by atoms with E-state index in [0.717, 1.165) is 30.5 Å². The topological polar surface area (TPSA) is 38.8 Å². The largest absolute Gasteiger partial charge is 0.493 e. The van der Waals surface area contributed by atoms with Crippen molar-refractivity contribution in [2.75, 3.05) is 20.8 Å². The van der Waals surface area contributed by atoms with Crippen molar-refractivity contribution in [1.29, 1.82) is 0 Å². The van der Waals surface area contributed by atoms with Crippen LogP contribution in [0, 0.1) is 0 Å². The molecule has 4 heteroatoms. The van der Waals surface area contributed by atoms with Gasteiger partial charge in [-0.3, -0.25) is 4.79 Å². The molecule has 0 fully saturated rings. The minimum atomic E-state index is 0.148. The standard InChI is InChI=1S/C21H27NO3/c1-4-5-13-22(21(23)15-17-9-7-6-8-10-17)16-18-11-12-19(24-2)20(14-18)25-3/h6-12,14H,4-5,13,15-16H2,1-3H3. The van der Waals surface area contributed by atoms with Crippen molar-refractivity contribution in [2.45, 2.75) is 32.7 Å². The monoisotopic (exact) mass is 341 g/mol. The number of ether oxygens (including phenoxy) is 2. The summed E-state index contributed by atoms with van der Waals surface area (Å²) in [4.78, 5) is 14.7. The molecule has 0 radical (unpaired) electrons. The van der Waals surface area contributed by atoms with E-state index in [2.05, 4.69) is 6.92 Å². The summed E-state index contributed by atoms with van der Waals surface area (Å²) in [5, 5.41) is 0. The highest BCUT2D eigenvalue weighted by Crippen LogP contribution is 2.28. The molecule has 0 atom stereocenters. The molecule has 0 bridgehead atoms. The summed E-state index contributed by atoms with van der Waals surface area (Å²) in [7, 11) is 3.24. The normalized spacial score (nSPS) is 10.4. The van der Waals surface area contributed by atoms with E-state index < -0.39 is 0 Å². The Hall–Kier alpha value is -2.49. The molecule has 25 heavy (non-hydrogen) atoms. The highest BCUT2D eigenvalue weighted by molar-refractivity contribution is 5.78. The van der Waals surface area contributed by atoms with Gasteiger partial charge in [-0.1, -0.05) is 49.7 Å². The number of carbonyl (C=O) groups is 1. The van der Waals surface area contributed by atoms with Crippen molar-refractivity contribution in [3.05, 3.63) is 59.7 Å². The van der Waals surface area contributed by atoms with Gasteiger partial charge in [-0.15, -0.1) is 0 Å². The number of amides is 1. The molecule has 0 N–H and O–H groups in total. The molecule has 0 heterocycles. The van der Waals surface area contributed by atoms with Crippen LogP contribution >= 0.6 is 0 Å². The fraction of sp³-hybridized carbons (Fsp3) is 0.381. The second-order valence-electron chi connectivity index (χ2n) is 6.02. The first-order valence-electron chi connectivity index (χ1n) is 8.70. The Labute approximate surface area is 150 Å². The van der Waals surface area contributed by atoms with Gasteiger partial charge in [0.25, 0.3) is 0 Å². The zero-order valence-corrected chi connectivity index (χ0v) is 15.3. The first-order valence-corrected chi connectivity index (χ1v) is 8.70. The van der Waals surface area contributed by atoms with Crippen LogP contribution in [0.3, 0.4) is 0 Å². The van der Waals surface area contributed by atoms with Gasteiger partial charge < -0.3 is 14.4 Å². The molecule has 0 aliphatic rings. The summed E-state index contributed by atoms with van der Waals surface area (Å²) in [6.45, 7) is 3.47. The third-order valence-electron chi connectivity index (χ3n) is 4.15. The molecule has 0 saturated carbocycles. The van der Waals surface area contributed by atoms with Crippen molar-refractivity contribution < 1.29 is 14.3 Å². The highest BCUT2D eigenvalue weighted by Gasteiger charge is 2.15. The Kier molecular flexibility index (Phi) is 7.33. The van der Waals surface area contributed by atoms with Crippen molar-refractivity contribution >= 4 is 5.91 Å². The Bertz CT molecular complexity index is 670. The maximum absolute atomic E-state index is 12.8. The van der Waals surface area contributed by atoms with Gasteiger partial charge in [-0.05, 0) is 29.7 Å². The Morgan fingerprint density at radius 2 is 1.68 bits per heavy atom. The lowest BCUT2D eigenvalue weighted by molar-refractivity contribution is -0.131. The molecule has 2 rings (SSSR count). The lowest BCUT2D eigenvalue weighted by Gasteiger charge is -2.23. The molecule has 0 unspecified atom stereocenters. The Morgan fingerprint density at radius 3 is 2.32 bits per heavy atom. The minimum absolute atomic E-state index is 0.148. The molecular formula is C21H27NO3. The molecule has 1 amide bonds. The lowest BCUT2D eigenvalue weighted by atomic mass is 10.1. The van der Waals surface area contributed by atoms with Crippen LogP contribution in [0.15, 0.2) is 48.5 Å². The summed E-state index contributed by atoms with van der Waals surface area (Å²) in [5.74, 6) is 1.53. The number of carbonyl (C=O) groups excluding carboxylic acids is 1. The van der Waals surface area contributed by atoms with E-state index in [1.807, 2.05) is 53.4 Å². The lowest BCUT2D eigenvalue weighted by Crippen LogP contribution is -2.32. The summed E-state index contributed by atoms with van der Waals surface area (Å²) < 4.78 is 10.6. The van der Waals surface area contributed by atoms with E-state index in [1.54, 1.807) is 14.2 Å². The van der Waals surface area contributed by atoms with Crippen molar-refractivity contribution in [2.24, 2.45) is 0 Å². The molecule has 0 spiro atoms. The van der Waals surface area contributed by atoms with Crippen LogP contribution in [0.25, 0.3) is 0 Å². The SMILES string of the molecule is CCCCN(Cc1ccc(OC)c(OC)c1)C(=O)Cc1ccccc1. The van der Waals surface area contributed by atoms with E-state index in [0.29, 0.717) is 24.5 Å². The first kappa shape index (κ1) is 18.8. The highest BCUT2D eigenvalue weighted by atomic mass is 16.5. The number of hydrogen-bond acceptors (Lipinski definition) is 3. The molecule has 4 nitrogen and oxygen atoms in total. The number of nitrogens with zero attached hydrogens (tertiary/aromatic N) is 1. The van der Waals surface area contributed by atoms with Crippen molar-refractivity contribution in [3.8, 4) is 11.5 Å². The second kappa shape index (κ2) is 9.72. The van der Waals surface area contributed by atoms with Crippen LogP contribution in [0.1, 0.15) is 30.9 Å². The molecule has 2 aromatic rings. The third kappa shape index (κ3) is 5.52. The van der Waals surface area contributed by atoms with Gasteiger partial charge in [-0.2, -0.15) is 0 Å². The number of hydrogen-bond donors (Lipinski definition) is 0. The summed E-state index contributed by atoms with van der Waals surface area (Å²) in [5.41, 5.74) is 2.08. The number of benzene rings is 2. The zero-order chi connectivity index (χ0) is 18.1. The van der Waals surface area contributed by atoms with Gasteiger partial charge >= 0.3 is 0 Å². The fourth-order valence-electron chi connectivity index (χ4n) is 2.72. The summed E-state index contributed by atoms with van der Waals surface area (Å²) in [6.07, 6.45) is 2.48. The Morgan fingerprint density at radius 1 is 0.960 bits per heavy atom. The van der Waals surface area contributed by atoms with Crippen LogP contribution in [0.5, 0.6) is 11.5 Å². The molecular weight excluding hydrogens is 314 g/mol. The maximum Gasteiger partial charge on any atom is 0.227 e. The first-order chi connectivity index (χ1) is 12.2.